The van der Waals surface area contributed by atoms with Crippen molar-refractivity contribution in [1.82, 2.24) is 10.2 Å². The number of ether oxygens (including phenoxy) is 1. The smallest absolute Gasteiger partial charge is 0.416 e. The standard InChI is InChI=1S/C17H13ClF3N3O4/c1-23-14(25)22-15(26)24(16(23)27)10-3-2-4-11(8-10)28-13-6-5-9(7-12(13)18)17(19,20)21/h2-8,14,25H,1H3,(H,22,26). The van der Waals surface area contributed by atoms with Gasteiger partial charge in [-0.2, -0.15) is 13.2 Å². The number of aliphatic hydroxyl groups excluding tert-OH is 1. The highest BCUT2D eigenvalue weighted by molar-refractivity contribution is 6.32. The summed E-state index contributed by atoms with van der Waals surface area (Å²) in [6.07, 6.45) is -6.00. The molecule has 0 bridgehead atoms. The van der Waals surface area contributed by atoms with Crippen molar-refractivity contribution in [3.8, 4) is 11.5 Å². The van der Waals surface area contributed by atoms with Gasteiger partial charge in [-0.05, 0) is 30.3 Å². The largest absolute Gasteiger partial charge is 0.456 e. The van der Waals surface area contributed by atoms with Gasteiger partial charge in [-0.25, -0.2) is 14.5 Å². The summed E-state index contributed by atoms with van der Waals surface area (Å²) in [4.78, 5) is 26.0. The van der Waals surface area contributed by atoms with Crippen LogP contribution in [0.1, 0.15) is 5.56 Å². The lowest BCUT2D eigenvalue weighted by Gasteiger charge is -2.35. The Hall–Kier alpha value is -2.98. The van der Waals surface area contributed by atoms with E-state index in [0.29, 0.717) is 0 Å². The molecule has 0 radical (unpaired) electrons. The van der Waals surface area contributed by atoms with Crippen molar-refractivity contribution >= 4 is 29.4 Å². The van der Waals surface area contributed by atoms with Gasteiger partial charge in [0.2, 0.25) is 6.35 Å². The molecule has 2 aromatic rings. The number of imide groups is 1. The fraction of sp³-hybridized carbons (Fsp3) is 0.176. The number of halogens is 4. The van der Waals surface area contributed by atoms with E-state index >= 15 is 0 Å². The molecule has 11 heteroatoms. The zero-order valence-electron chi connectivity index (χ0n) is 14.2. The molecule has 4 amide bonds. The predicted molar refractivity (Wildman–Crippen MR) is 93.1 cm³/mol. The fourth-order valence-corrected chi connectivity index (χ4v) is 2.64. The maximum atomic E-state index is 12.7. The molecule has 1 unspecified atom stereocenters. The van der Waals surface area contributed by atoms with Crippen LogP contribution in [-0.4, -0.2) is 35.5 Å². The van der Waals surface area contributed by atoms with E-state index in [4.69, 9.17) is 16.3 Å². The van der Waals surface area contributed by atoms with E-state index in [0.717, 1.165) is 28.0 Å². The maximum absolute atomic E-state index is 12.7. The molecule has 28 heavy (non-hydrogen) atoms. The van der Waals surface area contributed by atoms with Gasteiger partial charge in [0.05, 0.1) is 16.3 Å². The van der Waals surface area contributed by atoms with Gasteiger partial charge in [0, 0.05) is 13.1 Å². The van der Waals surface area contributed by atoms with Crippen molar-refractivity contribution < 1.29 is 32.6 Å². The van der Waals surface area contributed by atoms with Crippen molar-refractivity contribution in [2.75, 3.05) is 11.9 Å². The van der Waals surface area contributed by atoms with Gasteiger partial charge < -0.3 is 9.84 Å². The number of rotatable bonds is 3. The lowest BCUT2D eigenvalue weighted by Crippen LogP contribution is -2.64. The summed E-state index contributed by atoms with van der Waals surface area (Å²) in [7, 11) is 1.29. The Balaban J connectivity index is 1.86. The summed E-state index contributed by atoms with van der Waals surface area (Å²) in [5, 5.41) is 11.5. The van der Waals surface area contributed by atoms with Crippen LogP contribution in [0, 0.1) is 0 Å². The maximum Gasteiger partial charge on any atom is 0.416 e. The molecule has 1 fully saturated rings. The number of carbonyl (C=O) groups excluding carboxylic acids is 2. The van der Waals surface area contributed by atoms with Crippen molar-refractivity contribution in [2.45, 2.75) is 12.5 Å². The second kappa shape index (κ2) is 7.21. The highest BCUT2D eigenvalue weighted by Crippen LogP contribution is 2.37. The average Bonchev–Trinajstić information content (AvgIpc) is 2.61. The van der Waals surface area contributed by atoms with Gasteiger partial charge in [0.1, 0.15) is 11.5 Å². The Labute approximate surface area is 161 Å². The molecule has 0 aliphatic carbocycles. The Morgan fingerprint density at radius 3 is 2.54 bits per heavy atom. The van der Waals surface area contributed by atoms with Crippen molar-refractivity contribution in [3.63, 3.8) is 0 Å². The van der Waals surface area contributed by atoms with Gasteiger partial charge in [0.15, 0.2) is 0 Å². The van der Waals surface area contributed by atoms with Gasteiger partial charge in [-0.15, -0.1) is 0 Å². The van der Waals surface area contributed by atoms with E-state index in [-0.39, 0.29) is 22.2 Å². The molecule has 1 heterocycles. The Kier molecular flexibility index (Phi) is 5.09. The number of benzene rings is 2. The first-order valence-corrected chi connectivity index (χ1v) is 8.16. The van der Waals surface area contributed by atoms with E-state index in [1.165, 1.54) is 31.3 Å². The monoisotopic (exact) mass is 415 g/mol. The number of anilines is 1. The van der Waals surface area contributed by atoms with Gasteiger partial charge in [-0.1, -0.05) is 17.7 Å². The minimum atomic E-state index is -4.54. The minimum Gasteiger partial charge on any atom is -0.456 e. The fourth-order valence-electron chi connectivity index (χ4n) is 2.42. The molecule has 3 rings (SSSR count). The number of nitrogens with one attached hydrogen (secondary N) is 1. The topological polar surface area (TPSA) is 82.1 Å². The molecule has 7 nitrogen and oxygen atoms in total. The van der Waals surface area contributed by atoms with Crippen LogP contribution in [0.25, 0.3) is 0 Å². The van der Waals surface area contributed by atoms with Crippen LogP contribution < -0.4 is 15.0 Å². The third-order valence-corrected chi connectivity index (χ3v) is 4.17. The van der Waals surface area contributed by atoms with E-state index in [2.05, 4.69) is 5.32 Å². The molecule has 2 N–H and O–H groups in total. The first-order chi connectivity index (χ1) is 13.1. The molecule has 0 spiro atoms. The minimum absolute atomic E-state index is 0.0335. The lowest BCUT2D eigenvalue weighted by atomic mass is 10.2. The number of nitrogens with zero attached hydrogens (tertiary/aromatic N) is 2. The van der Waals surface area contributed by atoms with E-state index < -0.39 is 30.2 Å². The molecule has 1 aliphatic rings. The predicted octanol–water partition coefficient (Wildman–Crippen LogP) is 4.01. The quantitative estimate of drug-likeness (QED) is 0.793. The Morgan fingerprint density at radius 1 is 1.18 bits per heavy atom. The number of hydrogen-bond acceptors (Lipinski definition) is 4. The van der Waals surface area contributed by atoms with Crippen LogP contribution in [0.2, 0.25) is 5.02 Å². The zero-order valence-corrected chi connectivity index (χ0v) is 15.0. The second-order valence-corrected chi connectivity index (χ2v) is 6.20. The Bertz CT molecular complexity index is 938. The lowest BCUT2D eigenvalue weighted by molar-refractivity contribution is -0.137. The molecule has 0 aromatic heterocycles. The van der Waals surface area contributed by atoms with Crippen LogP contribution in [-0.2, 0) is 6.18 Å². The molecule has 148 valence electrons. The van der Waals surface area contributed by atoms with Gasteiger partial charge in [0.25, 0.3) is 0 Å². The summed E-state index contributed by atoms with van der Waals surface area (Å²) >= 11 is 5.87. The normalized spacial score (nSPS) is 17.6. The summed E-state index contributed by atoms with van der Waals surface area (Å²) in [6.45, 7) is 0. The summed E-state index contributed by atoms with van der Waals surface area (Å²) in [5.41, 5.74) is -0.794. The van der Waals surface area contributed by atoms with E-state index in [1.807, 2.05) is 0 Å². The van der Waals surface area contributed by atoms with Crippen LogP contribution in [0.3, 0.4) is 0 Å². The zero-order chi connectivity index (χ0) is 20.6. The molecule has 2 aromatic carbocycles. The molecule has 1 aliphatic heterocycles. The Morgan fingerprint density at radius 2 is 1.89 bits per heavy atom. The number of hydrogen-bond donors (Lipinski definition) is 2. The SMILES string of the molecule is CN1C(=O)N(c2cccc(Oc3ccc(C(F)(F)F)cc3Cl)c2)C(=O)NC1O. The molecule has 1 atom stereocenters. The molecule has 0 saturated carbocycles. The first kappa shape index (κ1) is 19.8. The second-order valence-electron chi connectivity index (χ2n) is 5.79. The number of amides is 4. The third kappa shape index (κ3) is 3.82. The third-order valence-electron chi connectivity index (χ3n) is 3.88. The van der Waals surface area contributed by atoms with E-state index in [9.17, 15) is 27.9 Å². The van der Waals surface area contributed by atoms with Crippen molar-refractivity contribution in [1.29, 1.82) is 0 Å². The van der Waals surface area contributed by atoms with Crippen molar-refractivity contribution in [3.05, 3.63) is 53.1 Å². The van der Waals surface area contributed by atoms with Crippen LogP contribution in [0.15, 0.2) is 42.5 Å². The summed E-state index contributed by atoms with van der Waals surface area (Å²) in [5.74, 6) is 0.0994. The summed E-state index contributed by atoms with van der Waals surface area (Å²) in [6, 6.07) is 6.74. The first-order valence-electron chi connectivity index (χ1n) is 7.78. The highest BCUT2D eigenvalue weighted by atomic mass is 35.5. The molecular weight excluding hydrogens is 403 g/mol. The van der Waals surface area contributed by atoms with Gasteiger partial charge in [-0.3, -0.25) is 10.2 Å². The highest BCUT2D eigenvalue weighted by Gasteiger charge is 2.36. The average molecular weight is 416 g/mol. The number of aliphatic hydroxyl groups is 1. The number of alkyl halides is 3. The van der Waals surface area contributed by atoms with Crippen molar-refractivity contribution in [2.24, 2.45) is 0 Å². The summed E-state index contributed by atoms with van der Waals surface area (Å²) < 4.78 is 43.7. The van der Waals surface area contributed by atoms with Gasteiger partial charge >= 0.3 is 18.2 Å². The van der Waals surface area contributed by atoms with Crippen LogP contribution in [0.4, 0.5) is 28.4 Å². The number of carbonyl (C=O) groups is 2. The van der Waals surface area contributed by atoms with Crippen LogP contribution in [0.5, 0.6) is 11.5 Å². The molecular formula is C17H13ClF3N3O4. The number of urea groups is 2. The van der Waals surface area contributed by atoms with Crippen LogP contribution >= 0.6 is 11.6 Å². The van der Waals surface area contributed by atoms with E-state index in [1.54, 1.807) is 0 Å². The molecule has 1 saturated heterocycles.